The van der Waals surface area contributed by atoms with Crippen LogP contribution in [0.5, 0.6) is 23.0 Å². The van der Waals surface area contributed by atoms with Crippen molar-refractivity contribution in [3.63, 3.8) is 0 Å². The summed E-state index contributed by atoms with van der Waals surface area (Å²) in [4.78, 5) is 9.55. The Balaban J connectivity index is 1.24. The fourth-order valence-electron chi connectivity index (χ4n) is 4.60. The normalized spacial score (nSPS) is 12.8. The fraction of sp³-hybridized carbons (Fsp3) is 0. The Morgan fingerprint density at radius 3 is 1.30 bits per heavy atom. The maximum Gasteiger partial charge on any atom is 0.175 e. The molecule has 2 aliphatic heterocycles. The Bertz CT molecular complexity index is 1820. The van der Waals surface area contributed by atoms with Crippen LogP contribution in [0.1, 0.15) is 22.3 Å². The molecule has 0 aliphatic carbocycles. The molecule has 0 atom stereocenters. The van der Waals surface area contributed by atoms with Gasteiger partial charge in [0.25, 0.3) is 0 Å². The highest BCUT2D eigenvalue weighted by Crippen LogP contribution is 2.43. The van der Waals surface area contributed by atoms with Gasteiger partial charge in [-0.2, -0.15) is 0 Å². The van der Waals surface area contributed by atoms with Crippen molar-refractivity contribution in [3.05, 3.63) is 140 Å². The number of hydrogen-bond donors (Lipinski definition) is 0. The highest BCUT2D eigenvalue weighted by atomic mass is 35.5. The second-order valence-corrected chi connectivity index (χ2v) is 10.1. The molecule has 0 radical (unpaired) electrons. The molecule has 0 aromatic heterocycles. The van der Waals surface area contributed by atoms with E-state index < -0.39 is 0 Å². The van der Waals surface area contributed by atoms with Gasteiger partial charge in [0.2, 0.25) is 0 Å². The Morgan fingerprint density at radius 2 is 0.875 bits per heavy atom. The molecule has 4 nitrogen and oxygen atoms in total. The summed E-state index contributed by atoms with van der Waals surface area (Å²) in [5.41, 5.74) is 5.48. The van der Waals surface area contributed by atoms with Gasteiger partial charge in [-0.3, -0.25) is 0 Å². The average Bonchev–Trinajstić information content (AvgIpc) is 3.01. The van der Waals surface area contributed by atoms with Gasteiger partial charge in [-0.1, -0.05) is 120 Å². The van der Waals surface area contributed by atoms with Crippen molar-refractivity contribution in [2.24, 2.45) is 9.98 Å². The first-order valence-corrected chi connectivity index (χ1v) is 13.5. The van der Waals surface area contributed by atoms with Gasteiger partial charge in [-0.25, -0.2) is 9.98 Å². The second kappa shape index (κ2) is 10.2. The van der Waals surface area contributed by atoms with Crippen LogP contribution in [-0.4, -0.2) is 0 Å². The van der Waals surface area contributed by atoms with Crippen LogP contribution in [0, 0.1) is 0 Å². The molecule has 2 heterocycles. The van der Waals surface area contributed by atoms with Crippen LogP contribution >= 0.6 is 23.2 Å². The number of hydrogen-bond acceptors (Lipinski definition) is 4. The summed E-state index contributed by atoms with van der Waals surface area (Å²) < 4.78 is 12.5. The number of halogens is 2. The topological polar surface area (TPSA) is 43.2 Å². The van der Waals surface area contributed by atoms with E-state index in [2.05, 4.69) is 0 Å². The number of rotatable bonds is 4. The third-order valence-electron chi connectivity index (χ3n) is 6.64. The molecule has 192 valence electrons. The molecule has 5 aromatic rings. The summed E-state index contributed by atoms with van der Waals surface area (Å²) in [7, 11) is 0. The molecule has 0 fully saturated rings. The fourth-order valence-corrected chi connectivity index (χ4v) is 5.11. The van der Waals surface area contributed by atoms with Crippen molar-refractivity contribution >= 4 is 58.9 Å². The molecule has 0 saturated carbocycles. The first-order valence-electron chi connectivity index (χ1n) is 12.7. The second-order valence-electron chi connectivity index (χ2n) is 9.35. The van der Waals surface area contributed by atoms with E-state index in [0.29, 0.717) is 55.1 Å². The van der Waals surface area contributed by atoms with Crippen LogP contribution in [0.2, 0.25) is 10.0 Å². The zero-order chi connectivity index (χ0) is 27.1. The Kier molecular flexibility index (Phi) is 6.20. The summed E-state index contributed by atoms with van der Waals surface area (Å²) in [6.45, 7) is 0. The smallest absolute Gasteiger partial charge is 0.175 e. The number of fused-ring (bicyclic) bond motifs is 4. The predicted octanol–water partition coefficient (Wildman–Crippen LogP) is 9.45. The Hall–Kier alpha value is -4.64. The lowest BCUT2D eigenvalue weighted by Crippen LogP contribution is -2.22. The lowest BCUT2D eigenvalue weighted by atomic mass is 10.1. The minimum atomic E-state index is 0.299. The van der Waals surface area contributed by atoms with E-state index in [9.17, 15) is 0 Å². The van der Waals surface area contributed by atoms with Crippen molar-refractivity contribution in [1.82, 2.24) is 0 Å². The van der Waals surface area contributed by atoms with Gasteiger partial charge >= 0.3 is 0 Å². The summed E-state index contributed by atoms with van der Waals surface area (Å²) >= 11 is 13.7. The molecule has 0 unspecified atom stereocenters. The predicted molar refractivity (Wildman–Crippen MR) is 162 cm³/mol. The monoisotopic (exact) mass is 558 g/mol. The summed E-state index contributed by atoms with van der Waals surface area (Å²) in [5, 5.41) is 1.44. The van der Waals surface area contributed by atoms with E-state index >= 15 is 0 Å². The van der Waals surface area contributed by atoms with Crippen LogP contribution in [0.4, 0.5) is 11.4 Å². The highest BCUT2D eigenvalue weighted by Gasteiger charge is 2.27. The molecule has 0 spiro atoms. The van der Waals surface area contributed by atoms with Crippen LogP contribution in [0.25, 0.3) is 24.3 Å². The van der Waals surface area contributed by atoms with Crippen molar-refractivity contribution in [1.29, 1.82) is 0 Å². The minimum Gasteiger partial charge on any atom is -0.451 e. The molecule has 0 bridgehead atoms. The molecule has 2 aliphatic rings. The van der Waals surface area contributed by atoms with E-state index in [1.807, 2.05) is 121 Å². The van der Waals surface area contributed by atoms with Gasteiger partial charge in [-0.05, 0) is 46.5 Å². The van der Waals surface area contributed by atoms with E-state index in [1.165, 1.54) is 0 Å². The SMILES string of the molecule is Clc1c2c(c(Cl)c3c1=Nc1ccc(C=Cc4ccccc4)cc1O3)=Nc1ccc(C=Cc3ccccc3)cc1O2. The van der Waals surface area contributed by atoms with Crippen molar-refractivity contribution in [2.45, 2.75) is 0 Å². The van der Waals surface area contributed by atoms with Crippen LogP contribution < -0.4 is 20.2 Å². The molecule has 6 heteroatoms. The van der Waals surface area contributed by atoms with E-state index in [4.69, 9.17) is 42.7 Å². The van der Waals surface area contributed by atoms with Gasteiger partial charge < -0.3 is 9.47 Å². The maximum absolute atomic E-state index is 6.84. The number of nitrogens with zero attached hydrogens (tertiary/aromatic N) is 2. The third-order valence-corrected chi connectivity index (χ3v) is 7.34. The van der Waals surface area contributed by atoms with Crippen LogP contribution in [0.3, 0.4) is 0 Å². The molecule has 40 heavy (non-hydrogen) atoms. The zero-order valence-electron chi connectivity index (χ0n) is 21.0. The standard InChI is InChI=1S/C34H20Cl2N2O2/c35-29-32-34(40-28-20-24(16-18-26(28)38-32)14-12-22-9-5-2-6-10-22)30(36)31-33(29)39-27-19-23(15-17-25(27)37-31)13-11-21-7-3-1-4-8-21/h1-20H. The Labute approximate surface area is 240 Å². The van der Waals surface area contributed by atoms with Gasteiger partial charge in [0, 0.05) is 0 Å². The zero-order valence-corrected chi connectivity index (χ0v) is 22.5. The lowest BCUT2D eigenvalue weighted by Gasteiger charge is -2.21. The van der Waals surface area contributed by atoms with Crippen molar-refractivity contribution in [3.8, 4) is 23.0 Å². The quantitative estimate of drug-likeness (QED) is 0.202. The number of benzene rings is 5. The van der Waals surface area contributed by atoms with Gasteiger partial charge in [0.15, 0.2) is 23.0 Å². The van der Waals surface area contributed by atoms with Crippen LogP contribution in [-0.2, 0) is 0 Å². The molecular formula is C34H20Cl2N2O2. The highest BCUT2D eigenvalue weighted by molar-refractivity contribution is 6.35. The van der Waals surface area contributed by atoms with Crippen molar-refractivity contribution < 1.29 is 9.47 Å². The van der Waals surface area contributed by atoms with Crippen molar-refractivity contribution in [2.75, 3.05) is 0 Å². The van der Waals surface area contributed by atoms with E-state index in [1.54, 1.807) is 0 Å². The lowest BCUT2D eigenvalue weighted by molar-refractivity contribution is 0.451. The first-order chi connectivity index (χ1) is 19.6. The first kappa shape index (κ1) is 24.4. The Morgan fingerprint density at radius 1 is 0.475 bits per heavy atom. The number of ether oxygens (including phenoxy) is 2. The summed E-state index contributed by atoms with van der Waals surface area (Å²) in [6, 6.07) is 31.8. The molecule has 0 saturated heterocycles. The summed E-state index contributed by atoms with van der Waals surface area (Å²) in [6.07, 6.45) is 8.15. The third kappa shape index (κ3) is 4.58. The molecule has 0 amide bonds. The van der Waals surface area contributed by atoms with Gasteiger partial charge in [-0.15, -0.1) is 0 Å². The summed E-state index contributed by atoms with van der Waals surface area (Å²) in [5.74, 6) is 1.90. The molecule has 0 N–H and O–H groups in total. The van der Waals surface area contributed by atoms with Gasteiger partial charge in [0.1, 0.15) is 32.1 Å². The van der Waals surface area contributed by atoms with E-state index in [-0.39, 0.29) is 0 Å². The molecule has 5 aromatic carbocycles. The molecular weight excluding hydrogens is 539 g/mol. The largest absolute Gasteiger partial charge is 0.451 e. The average molecular weight is 559 g/mol. The minimum absolute atomic E-state index is 0.299. The van der Waals surface area contributed by atoms with E-state index in [0.717, 1.165) is 22.3 Å². The van der Waals surface area contributed by atoms with Crippen LogP contribution in [0.15, 0.2) is 107 Å². The van der Waals surface area contributed by atoms with Gasteiger partial charge in [0.05, 0.1) is 0 Å². The molecule has 7 rings (SSSR count). The maximum atomic E-state index is 6.84.